The molecule has 2 fully saturated rings. The van der Waals surface area contributed by atoms with Crippen LogP contribution in [-0.4, -0.2) is 96.7 Å². The molecule has 0 spiro atoms. The maximum absolute atomic E-state index is 13.8. The number of phenols is 2. The number of aliphatic carboxylic acids is 1. The summed E-state index contributed by atoms with van der Waals surface area (Å²) >= 11 is 0. The Hall–Kier alpha value is -4.99. The van der Waals surface area contributed by atoms with Gasteiger partial charge in [-0.25, -0.2) is 9.59 Å². The minimum absolute atomic E-state index is 0.0580. The molecule has 8 atom stereocenters. The number of esters is 1. The van der Waals surface area contributed by atoms with E-state index >= 15 is 0 Å². The van der Waals surface area contributed by atoms with Crippen molar-refractivity contribution in [2.24, 2.45) is 0 Å². The van der Waals surface area contributed by atoms with Gasteiger partial charge in [-0.3, -0.25) is 14.4 Å². The van der Waals surface area contributed by atoms with Gasteiger partial charge in [-0.15, -0.1) is 0 Å². The van der Waals surface area contributed by atoms with E-state index in [1.54, 1.807) is 38.2 Å². The van der Waals surface area contributed by atoms with Gasteiger partial charge < -0.3 is 44.5 Å². The number of benzene rings is 2. The molecular formula is C38H38O14. The maximum Gasteiger partial charge on any atom is 0.364 e. The average molecular weight is 719 g/mol. The lowest BCUT2D eigenvalue weighted by atomic mass is 9.71. The fourth-order valence-electron chi connectivity index (χ4n) is 7.08. The summed E-state index contributed by atoms with van der Waals surface area (Å²) in [5.74, 6) is -7.14. The molecule has 6 rings (SSSR count). The Balaban J connectivity index is 1.10. The molecule has 2 aromatic carbocycles. The Kier molecular flexibility index (Phi) is 9.57. The Morgan fingerprint density at radius 1 is 0.904 bits per heavy atom. The van der Waals surface area contributed by atoms with Crippen molar-refractivity contribution >= 4 is 29.3 Å². The summed E-state index contributed by atoms with van der Waals surface area (Å²) in [5, 5.41) is 52.3. The molecule has 5 N–H and O–H groups in total. The van der Waals surface area contributed by atoms with Crippen molar-refractivity contribution in [3.05, 3.63) is 93.6 Å². The average Bonchev–Trinajstić information content (AvgIpc) is 3.39. The summed E-state index contributed by atoms with van der Waals surface area (Å²) in [4.78, 5) is 64.5. The van der Waals surface area contributed by atoms with Crippen molar-refractivity contribution in [2.45, 2.75) is 95.0 Å². The minimum atomic E-state index is -1.90. The van der Waals surface area contributed by atoms with Crippen LogP contribution in [0.2, 0.25) is 0 Å². The molecule has 0 bridgehead atoms. The summed E-state index contributed by atoms with van der Waals surface area (Å²) < 4.78 is 22.5. The number of hydrogen-bond acceptors (Lipinski definition) is 13. The van der Waals surface area contributed by atoms with Crippen LogP contribution in [0.3, 0.4) is 0 Å². The third-order valence-corrected chi connectivity index (χ3v) is 9.90. The molecule has 0 saturated carbocycles. The Morgan fingerprint density at radius 2 is 1.60 bits per heavy atom. The van der Waals surface area contributed by atoms with Crippen LogP contribution in [0.25, 0.3) is 0 Å². The molecule has 14 heteroatoms. The summed E-state index contributed by atoms with van der Waals surface area (Å²) in [7, 11) is 0. The molecule has 4 aliphatic rings. The number of aliphatic hydroxyl groups is 2. The van der Waals surface area contributed by atoms with Crippen molar-refractivity contribution in [3.63, 3.8) is 0 Å². The lowest BCUT2D eigenvalue weighted by Crippen LogP contribution is -2.51. The summed E-state index contributed by atoms with van der Waals surface area (Å²) in [5.41, 5.74) is -3.19. The van der Waals surface area contributed by atoms with E-state index in [0.29, 0.717) is 6.42 Å². The van der Waals surface area contributed by atoms with Crippen molar-refractivity contribution in [3.8, 4) is 11.5 Å². The highest BCUT2D eigenvalue weighted by molar-refractivity contribution is 6.32. The number of carbonyl (C=O) groups is 5. The van der Waals surface area contributed by atoms with E-state index in [0.717, 1.165) is 6.07 Å². The number of carboxylic acid groups (broad SMARTS) is 1. The smallest absolute Gasteiger partial charge is 0.364 e. The van der Waals surface area contributed by atoms with Crippen molar-refractivity contribution in [2.75, 3.05) is 0 Å². The second-order valence-corrected chi connectivity index (χ2v) is 13.7. The lowest BCUT2D eigenvalue weighted by molar-refractivity contribution is -0.200. The van der Waals surface area contributed by atoms with E-state index in [2.05, 4.69) is 0 Å². The third-order valence-electron chi connectivity index (χ3n) is 9.90. The lowest BCUT2D eigenvalue weighted by Gasteiger charge is -2.36. The number of carbonyl (C=O) groups excluding carboxylic acids is 4. The van der Waals surface area contributed by atoms with Crippen LogP contribution < -0.4 is 0 Å². The van der Waals surface area contributed by atoms with Gasteiger partial charge in [-0.1, -0.05) is 36.4 Å². The Labute approximate surface area is 297 Å². The number of phenolic OH excluding ortho intramolecular Hbond substituents is 2. The molecule has 2 aromatic rings. The van der Waals surface area contributed by atoms with Crippen molar-refractivity contribution in [1.29, 1.82) is 0 Å². The topological polar surface area (TPSA) is 223 Å². The van der Waals surface area contributed by atoms with Gasteiger partial charge in [0.2, 0.25) is 0 Å². The van der Waals surface area contributed by atoms with Crippen LogP contribution in [0.5, 0.6) is 11.5 Å². The van der Waals surface area contributed by atoms with Gasteiger partial charge in [-0.05, 0) is 45.7 Å². The fraction of sp³-hybridized carbons (Fsp3) is 0.395. The molecule has 2 aliphatic heterocycles. The van der Waals surface area contributed by atoms with E-state index < -0.39 is 88.8 Å². The number of aromatic hydroxyl groups is 2. The van der Waals surface area contributed by atoms with Crippen molar-refractivity contribution < 1.29 is 68.5 Å². The van der Waals surface area contributed by atoms with Gasteiger partial charge in [-0.2, -0.15) is 0 Å². The fourth-order valence-corrected chi connectivity index (χ4v) is 7.08. The second-order valence-electron chi connectivity index (χ2n) is 13.7. The summed E-state index contributed by atoms with van der Waals surface area (Å²) in [6.07, 6.45) is 4.58. The van der Waals surface area contributed by atoms with Gasteiger partial charge >= 0.3 is 11.9 Å². The highest BCUT2D eigenvalue weighted by Gasteiger charge is 2.49. The summed E-state index contributed by atoms with van der Waals surface area (Å²) in [6.45, 7) is 5.95. The van der Waals surface area contributed by atoms with E-state index in [1.807, 2.05) is 0 Å². The molecular weight excluding hydrogens is 680 g/mol. The van der Waals surface area contributed by atoms with Crippen molar-refractivity contribution in [1.82, 2.24) is 0 Å². The van der Waals surface area contributed by atoms with Crippen LogP contribution in [-0.2, 0) is 35.0 Å². The third kappa shape index (κ3) is 6.37. The first-order valence-electron chi connectivity index (χ1n) is 16.7. The molecule has 0 radical (unpaired) electrons. The first-order chi connectivity index (χ1) is 24.4. The SMILES string of the molecule is CC1OC(C)(C(=O)O)OC1C=CC=CC=CC(=O)OC1CCC(c2ccc3c(c2O)C(=O)c2cc(O)c4c(c2C3=O)C(=O)C(O)C(C)(O)C4)OC1C. The van der Waals surface area contributed by atoms with Crippen LogP contribution in [0.15, 0.2) is 54.7 Å². The van der Waals surface area contributed by atoms with E-state index in [-0.39, 0.29) is 51.8 Å². The number of ether oxygens (including phenoxy) is 4. The normalized spacial score (nSPS) is 31.6. The molecule has 2 heterocycles. The zero-order valence-electron chi connectivity index (χ0n) is 28.7. The van der Waals surface area contributed by atoms with E-state index in [4.69, 9.17) is 18.9 Å². The van der Waals surface area contributed by atoms with Crippen LogP contribution >= 0.6 is 0 Å². The molecule has 14 nitrogen and oxygen atoms in total. The number of ketones is 3. The monoisotopic (exact) mass is 718 g/mol. The highest BCUT2D eigenvalue weighted by Crippen LogP contribution is 2.45. The number of rotatable bonds is 7. The van der Waals surface area contributed by atoms with Crippen LogP contribution in [0, 0.1) is 0 Å². The largest absolute Gasteiger partial charge is 0.508 e. The number of Topliss-reactive ketones (excluding diaryl/α,β-unsaturated/α-hetero) is 1. The molecule has 2 aliphatic carbocycles. The molecule has 8 unspecified atom stereocenters. The second kappa shape index (κ2) is 13.5. The van der Waals surface area contributed by atoms with Gasteiger partial charge in [0.15, 0.2) is 17.3 Å². The molecule has 2 saturated heterocycles. The predicted octanol–water partition coefficient (Wildman–Crippen LogP) is 3.15. The maximum atomic E-state index is 13.8. The standard InChI is InChI=1S/C38H38O14/c1-17-24(50-27(40)10-8-6-5-7-9-25-18(2)51-38(4,52-25)36(46)47)13-14-26(49-17)19-11-12-20-30(31(19)41)33(43)21-15-23(39)22-16-37(3,48)35(45)34(44)29(22)28(21)32(20)42/h5-12,15,17-18,24-26,35,39,41,45,48H,13-14,16H2,1-4H3,(H,46,47). The van der Waals surface area contributed by atoms with E-state index in [9.17, 15) is 49.5 Å². The van der Waals surface area contributed by atoms with E-state index in [1.165, 1.54) is 38.1 Å². The zero-order valence-corrected chi connectivity index (χ0v) is 28.7. The van der Waals surface area contributed by atoms with Gasteiger partial charge in [0, 0.05) is 52.8 Å². The van der Waals surface area contributed by atoms with Gasteiger partial charge in [0.1, 0.15) is 29.8 Å². The number of hydrogen-bond donors (Lipinski definition) is 5. The van der Waals surface area contributed by atoms with Crippen LogP contribution in [0.4, 0.5) is 0 Å². The molecule has 52 heavy (non-hydrogen) atoms. The number of carboxylic acids is 1. The molecule has 0 amide bonds. The molecule has 0 aromatic heterocycles. The predicted molar refractivity (Wildman–Crippen MR) is 179 cm³/mol. The van der Waals surface area contributed by atoms with Crippen LogP contribution in [0.1, 0.15) is 100.0 Å². The Bertz CT molecular complexity index is 1970. The van der Waals surface area contributed by atoms with Gasteiger partial charge in [0.05, 0.1) is 29.5 Å². The first-order valence-corrected chi connectivity index (χ1v) is 16.7. The number of fused-ring (bicyclic) bond motifs is 4. The summed E-state index contributed by atoms with van der Waals surface area (Å²) in [6, 6.07) is 3.83. The molecule has 274 valence electrons. The highest BCUT2D eigenvalue weighted by atomic mass is 16.8. The first kappa shape index (κ1) is 36.8. The minimum Gasteiger partial charge on any atom is -0.508 e. The number of allylic oxidation sites excluding steroid dienone is 4. The zero-order chi connectivity index (χ0) is 37.9. The quantitative estimate of drug-likeness (QED) is 0.135. The number of aliphatic hydroxyl groups excluding tert-OH is 1. The van der Waals surface area contributed by atoms with Gasteiger partial charge in [0.25, 0.3) is 5.79 Å². The Morgan fingerprint density at radius 3 is 2.27 bits per heavy atom.